The molecule has 0 aromatic carbocycles. The van der Waals surface area contributed by atoms with E-state index in [0.717, 1.165) is 32.2 Å². The Kier molecular flexibility index (Phi) is 20.2. The minimum atomic E-state index is -0.933. The Morgan fingerprint density at radius 1 is 1.27 bits per heavy atom. The molecule has 22 heavy (non-hydrogen) atoms. The molecule has 1 atom stereocenters. The van der Waals surface area contributed by atoms with Crippen molar-refractivity contribution in [3.05, 3.63) is 0 Å². The van der Waals surface area contributed by atoms with Gasteiger partial charge in [0.2, 0.25) is 0 Å². The third kappa shape index (κ3) is 20.7. The van der Waals surface area contributed by atoms with Crippen LogP contribution in [0.3, 0.4) is 0 Å². The number of nitrogens with one attached hydrogen (secondary N) is 4. The molecule has 9 nitrogen and oxygen atoms in total. The van der Waals surface area contributed by atoms with Crippen molar-refractivity contribution in [2.75, 3.05) is 13.1 Å². The Balaban J connectivity index is -0.000000315. The molecule has 10 heteroatoms. The van der Waals surface area contributed by atoms with Gasteiger partial charge in [-0.05, 0) is 25.8 Å². The zero-order valence-electron chi connectivity index (χ0n) is 13.0. The van der Waals surface area contributed by atoms with E-state index < -0.39 is 12.0 Å². The molecule has 11 N–H and O–H groups in total. The van der Waals surface area contributed by atoms with Crippen LogP contribution in [0, 0.1) is 10.8 Å². The van der Waals surface area contributed by atoms with E-state index in [1.54, 1.807) is 0 Å². The first kappa shape index (κ1) is 25.4. The molecule has 0 saturated carbocycles. The van der Waals surface area contributed by atoms with Crippen molar-refractivity contribution in [2.45, 2.75) is 45.1 Å². The van der Waals surface area contributed by atoms with Crippen molar-refractivity contribution in [3.63, 3.8) is 0 Å². The predicted molar refractivity (Wildman–Crippen MR) is 91.5 cm³/mol. The van der Waals surface area contributed by atoms with Crippen molar-refractivity contribution in [1.82, 2.24) is 10.6 Å². The number of carbonyl (C=O) groups is 1. The van der Waals surface area contributed by atoms with Gasteiger partial charge >= 0.3 is 5.97 Å². The second-order valence-electron chi connectivity index (χ2n) is 4.42. The molecule has 1 unspecified atom stereocenters. The van der Waals surface area contributed by atoms with Crippen LogP contribution in [0.25, 0.3) is 0 Å². The molecule has 0 aliphatic rings. The summed E-state index contributed by atoms with van der Waals surface area (Å²) in [6.07, 6.45) is 4.26. The van der Waals surface area contributed by atoms with Gasteiger partial charge in [-0.25, -0.2) is 0 Å². The first-order valence-electron chi connectivity index (χ1n) is 6.97. The third-order valence-electron chi connectivity index (χ3n) is 2.38. The van der Waals surface area contributed by atoms with Gasteiger partial charge in [0.05, 0.1) is 0 Å². The van der Waals surface area contributed by atoms with Gasteiger partial charge in [-0.3, -0.25) is 20.9 Å². The van der Waals surface area contributed by atoms with Crippen molar-refractivity contribution >= 4 is 30.3 Å². The van der Waals surface area contributed by atoms with Crippen LogP contribution < -0.4 is 27.8 Å². The SMILES string of the molecule is CCCCNC(=N)NC(=N)N.Cl.NCCCCC(N)C(=O)O. The van der Waals surface area contributed by atoms with Crippen molar-refractivity contribution in [3.8, 4) is 0 Å². The first-order chi connectivity index (χ1) is 9.84. The standard InChI is InChI=1S/C6H15N5.C6H14N2O2.ClH/c1-2-3-4-10-6(9)11-5(7)8;7-4-2-1-3-5(8)6(9)10;/h2-4H2,1H3,(H6,7,8,9,10,11);5H,1-4,7-8H2,(H,9,10);1H. The summed E-state index contributed by atoms with van der Waals surface area (Å²) in [7, 11) is 0. The van der Waals surface area contributed by atoms with Gasteiger partial charge in [-0.2, -0.15) is 0 Å². The fourth-order valence-corrected chi connectivity index (χ4v) is 1.20. The maximum absolute atomic E-state index is 10.1. The lowest BCUT2D eigenvalue weighted by molar-refractivity contribution is -0.138. The molecule has 0 heterocycles. The molecule has 0 aliphatic heterocycles. The number of guanidine groups is 2. The summed E-state index contributed by atoms with van der Waals surface area (Å²) in [6.45, 7) is 3.42. The van der Waals surface area contributed by atoms with Gasteiger partial charge < -0.3 is 27.6 Å². The minimum Gasteiger partial charge on any atom is -0.480 e. The minimum absolute atomic E-state index is 0. The predicted octanol–water partition coefficient (Wildman–Crippen LogP) is -0.257. The Bertz CT molecular complexity index is 316. The first-order valence-corrected chi connectivity index (χ1v) is 6.97. The molecule has 0 aliphatic carbocycles. The number of aliphatic carboxylic acids is 1. The van der Waals surface area contributed by atoms with Gasteiger partial charge in [0, 0.05) is 6.54 Å². The number of hydrogen-bond acceptors (Lipinski definition) is 5. The quantitative estimate of drug-likeness (QED) is 0.170. The molecular weight excluding hydrogens is 310 g/mol. The van der Waals surface area contributed by atoms with E-state index in [1.807, 2.05) is 0 Å². The Morgan fingerprint density at radius 2 is 1.86 bits per heavy atom. The maximum Gasteiger partial charge on any atom is 0.320 e. The van der Waals surface area contributed by atoms with Crippen LogP contribution in [0.4, 0.5) is 0 Å². The highest BCUT2D eigenvalue weighted by molar-refractivity contribution is 5.94. The van der Waals surface area contributed by atoms with Crippen LogP contribution in [0.1, 0.15) is 39.0 Å². The molecule has 0 aromatic rings. The van der Waals surface area contributed by atoms with Crippen LogP contribution in [-0.2, 0) is 4.79 Å². The molecule has 0 aromatic heterocycles. The monoisotopic (exact) mass is 339 g/mol. The molecule has 132 valence electrons. The Labute approximate surface area is 137 Å². The summed E-state index contributed by atoms with van der Waals surface area (Å²) in [5, 5.41) is 27.4. The van der Waals surface area contributed by atoms with E-state index >= 15 is 0 Å². The molecule has 0 bridgehead atoms. The van der Waals surface area contributed by atoms with Crippen LogP contribution >= 0.6 is 12.4 Å². The lowest BCUT2D eigenvalue weighted by atomic mass is 10.1. The lowest BCUT2D eigenvalue weighted by Gasteiger charge is -2.06. The van der Waals surface area contributed by atoms with Crippen LogP contribution in [0.2, 0.25) is 0 Å². The summed E-state index contributed by atoms with van der Waals surface area (Å²) in [4.78, 5) is 10.1. The highest BCUT2D eigenvalue weighted by atomic mass is 35.5. The summed E-state index contributed by atoms with van der Waals surface area (Å²) < 4.78 is 0. The number of unbranched alkanes of at least 4 members (excludes halogenated alkanes) is 2. The second kappa shape index (κ2) is 17.5. The third-order valence-corrected chi connectivity index (χ3v) is 2.38. The zero-order valence-corrected chi connectivity index (χ0v) is 13.8. The van der Waals surface area contributed by atoms with E-state index in [0.29, 0.717) is 13.0 Å². The molecule has 0 radical (unpaired) electrons. The molecule has 0 rings (SSSR count). The smallest absolute Gasteiger partial charge is 0.320 e. The summed E-state index contributed by atoms with van der Waals surface area (Å²) in [6, 6.07) is -0.716. The average molecular weight is 340 g/mol. The fraction of sp³-hybridized carbons (Fsp3) is 0.750. The molecule has 0 amide bonds. The van der Waals surface area contributed by atoms with E-state index in [9.17, 15) is 4.79 Å². The Hall–Kier alpha value is -1.58. The number of nitrogens with two attached hydrogens (primary N) is 3. The molecule has 0 saturated heterocycles. The maximum atomic E-state index is 10.1. The van der Waals surface area contributed by atoms with E-state index in [1.165, 1.54) is 0 Å². The topological polar surface area (TPSA) is 187 Å². The Morgan fingerprint density at radius 3 is 2.27 bits per heavy atom. The lowest BCUT2D eigenvalue weighted by Crippen LogP contribution is -2.43. The summed E-state index contributed by atoms with van der Waals surface area (Å²) in [5.41, 5.74) is 15.4. The largest absolute Gasteiger partial charge is 0.480 e. The average Bonchev–Trinajstić information content (AvgIpc) is 2.39. The van der Waals surface area contributed by atoms with Crippen molar-refractivity contribution < 1.29 is 9.90 Å². The zero-order chi connectivity index (χ0) is 16.7. The van der Waals surface area contributed by atoms with Crippen molar-refractivity contribution in [1.29, 1.82) is 10.8 Å². The molecule has 0 fully saturated rings. The summed E-state index contributed by atoms with van der Waals surface area (Å²) >= 11 is 0. The number of rotatable bonds is 8. The van der Waals surface area contributed by atoms with E-state index in [-0.39, 0.29) is 24.3 Å². The van der Waals surface area contributed by atoms with Crippen LogP contribution in [0.5, 0.6) is 0 Å². The van der Waals surface area contributed by atoms with Gasteiger partial charge in [-0.1, -0.05) is 19.8 Å². The van der Waals surface area contributed by atoms with Gasteiger partial charge in [-0.15, -0.1) is 12.4 Å². The molecular formula is C12H30ClN7O2. The van der Waals surface area contributed by atoms with Gasteiger partial charge in [0.1, 0.15) is 6.04 Å². The van der Waals surface area contributed by atoms with Gasteiger partial charge in [0.15, 0.2) is 11.9 Å². The number of carboxylic acid groups (broad SMARTS) is 1. The second-order valence-corrected chi connectivity index (χ2v) is 4.42. The highest BCUT2D eigenvalue weighted by Crippen LogP contribution is 1.96. The van der Waals surface area contributed by atoms with Crippen LogP contribution in [0.15, 0.2) is 0 Å². The summed E-state index contributed by atoms with van der Waals surface area (Å²) in [5.74, 6) is -1.05. The number of halogens is 1. The van der Waals surface area contributed by atoms with E-state index in [2.05, 4.69) is 17.6 Å². The van der Waals surface area contributed by atoms with E-state index in [4.69, 9.17) is 33.1 Å². The fourth-order valence-electron chi connectivity index (χ4n) is 1.20. The normalized spacial score (nSPS) is 10.3. The highest BCUT2D eigenvalue weighted by Gasteiger charge is 2.09. The number of carboxylic acids is 1. The number of hydrogen-bond donors (Lipinski definition) is 8. The molecule has 0 spiro atoms. The van der Waals surface area contributed by atoms with Crippen LogP contribution in [-0.4, -0.2) is 42.1 Å². The van der Waals surface area contributed by atoms with Crippen molar-refractivity contribution in [2.24, 2.45) is 17.2 Å². The van der Waals surface area contributed by atoms with Gasteiger partial charge in [0.25, 0.3) is 0 Å².